The molecular formula is C20H39N3O2. The van der Waals surface area contributed by atoms with E-state index in [4.69, 9.17) is 9.47 Å². The van der Waals surface area contributed by atoms with Crippen LogP contribution in [0.15, 0.2) is 4.99 Å². The Bertz CT molecular complexity index is 351. The van der Waals surface area contributed by atoms with Crippen LogP contribution in [0.3, 0.4) is 0 Å². The van der Waals surface area contributed by atoms with Crippen molar-refractivity contribution < 1.29 is 9.47 Å². The van der Waals surface area contributed by atoms with E-state index in [0.29, 0.717) is 6.10 Å². The zero-order valence-corrected chi connectivity index (χ0v) is 16.2. The number of nitrogens with one attached hydrogen (secondary N) is 2. The average Bonchev–Trinajstić information content (AvgIpc) is 2.66. The molecule has 0 atom stereocenters. The summed E-state index contributed by atoms with van der Waals surface area (Å²) in [6, 6.07) is 0. The van der Waals surface area contributed by atoms with E-state index >= 15 is 0 Å². The molecule has 5 heteroatoms. The maximum atomic E-state index is 5.90. The first-order valence-electron chi connectivity index (χ1n) is 10.6. The summed E-state index contributed by atoms with van der Waals surface area (Å²) >= 11 is 0. The summed E-state index contributed by atoms with van der Waals surface area (Å²) in [5.74, 6) is 1.93. The number of ether oxygens (including phenoxy) is 2. The van der Waals surface area contributed by atoms with Crippen molar-refractivity contribution in [3.8, 4) is 0 Å². The molecule has 2 fully saturated rings. The summed E-state index contributed by atoms with van der Waals surface area (Å²) in [7, 11) is 0. The van der Waals surface area contributed by atoms with E-state index in [1.54, 1.807) is 0 Å². The molecule has 0 unspecified atom stereocenters. The minimum atomic E-state index is 0.392. The van der Waals surface area contributed by atoms with Crippen LogP contribution >= 0.6 is 0 Å². The molecule has 2 aliphatic rings. The van der Waals surface area contributed by atoms with Crippen LogP contribution in [0.5, 0.6) is 0 Å². The molecule has 0 aromatic rings. The third kappa shape index (κ3) is 9.45. The number of hydrogen-bond acceptors (Lipinski definition) is 3. The van der Waals surface area contributed by atoms with Gasteiger partial charge in [0.05, 0.1) is 6.10 Å². The second kappa shape index (κ2) is 13.4. The molecule has 2 rings (SSSR count). The molecule has 0 spiro atoms. The molecule has 0 amide bonds. The van der Waals surface area contributed by atoms with Crippen molar-refractivity contribution in [1.29, 1.82) is 0 Å². The van der Waals surface area contributed by atoms with Crippen LogP contribution in [0.25, 0.3) is 0 Å². The quantitative estimate of drug-likeness (QED) is 0.359. The van der Waals surface area contributed by atoms with Crippen molar-refractivity contribution in [2.45, 2.75) is 77.2 Å². The van der Waals surface area contributed by atoms with Crippen LogP contribution in [-0.2, 0) is 9.47 Å². The maximum Gasteiger partial charge on any atom is 0.191 e. The highest BCUT2D eigenvalue weighted by Gasteiger charge is 2.14. The summed E-state index contributed by atoms with van der Waals surface area (Å²) in [4.78, 5) is 4.67. The predicted molar refractivity (Wildman–Crippen MR) is 104 cm³/mol. The van der Waals surface area contributed by atoms with E-state index in [0.717, 1.165) is 70.6 Å². The molecule has 25 heavy (non-hydrogen) atoms. The van der Waals surface area contributed by atoms with Gasteiger partial charge in [0, 0.05) is 39.5 Å². The first-order chi connectivity index (χ1) is 12.4. The van der Waals surface area contributed by atoms with E-state index in [1.807, 2.05) is 0 Å². The van der Waals surface area contributed by atoms with Crippen LogP contribution in [0.1, 0.15) is 71.1 Å². The highest BCUT2D eigenvalue weighted by atomic mass is 16.5. The van der Waals surface area contributed by atoms with Gasteiger partial charge in [0.15, 0.2) is 5.96 Å². The summed E-state index contributed by atoms with van der Waals surface area (Å²) in [6.45, 7) is 7.37. The molecule has 0 aromatic carbocycles. The van der Waals surface area contributed by atoms with Gasteiger partial charge < -0.3 is 20.1 Å². The van der Waals surface area contributed by atoms with Crippen LogP contribution in [0, 0.1) is 5.92 Å². The van der Waals surface area contributed by atoms with E-state index in [9.17, 15) is 0 Å². The molecular weight excluding hydrogens is 314 g/mol. The van der Waals surface area contributed by atoms with Gasteiger partial charge in [-0.3, -0.25) is 4.99 Å². The Morgan fingerprint density at radius 1 is 1.04 bits per heavy atom. The first-order valence-corrected chi connectivity index (χ1v) is 10.6. The Labute approximate surface area is 154 Å². The molecule has 1 saturated carbocycles. The second-order valence-electron chi connectivity index (χ2n) is 7.37. The fourth-order valence-corrected chi connectivity index (χ4v) is 3.76. The second-order valence-corrected chi connectivity index (χ2v) is 7.37. The van der Waals surface area contributed by atoms with Crippen molar-refractivity contribution in [3.63, 3.8) is 0 Å². The van der Waals surface area contributed by atoms with Crippen molar-refractivity contribution in [3.05, 3.63) is 0 Å². The molecule has 0 aromatic heterocycles. The summed E-state index contributed by atoms with van der Waals surface area (Å²) < 4.78 is 11.3. The van der Waals surface area contributed by atoms with Crippen LogP contribution in [-0.4, -0.2) is 51.5 Å². The minimum Gasteiger partial charge on any atom is -0.381 e. The lowest BCUT2D eigenvalue weighted by Gasteiger charge is -2.22. The largest absolute Gasteiger partial charge is 0.381 e. The smallest absolute Gasteiger partial charge is 0.191 e. The zero-order valence-electron chi connectivity index (χ0n) is 16.2. The topological polar surface area (TPSA) is 54.9 Å². The molecule has 2 N–H and O–H groups in total. The zero-order chi connectivity index (χ0) is 17.6. The number of guanidine groups is 1. The lowest BCUT2D eigenvalue weighted by molar-refractivity contribution is -0.0318. The molecule has 1 heterocycles. The Morgan fingerprint density at radius 3 is 2.60 bits per heavy atom. The first kappa shape index (κ1) is 20.5. The van der Waals surface area contributed by atoms with Crippen molar-refractivity contribution in [1.82, 2.24) is 10.6 Å². The number of rotatable bonds is 10. The molecule has 1 saturated heterocycles. The monoisotopic (exact) mass is 353 g/mol. The van der Waals surface area contributed by atoms with Crippen LogP contribution < -0.4 is 10.6 Å². The molecule has 1 aliphatic heterocycles. The summed E-state index contributed by atoms with van der Waals surface area (Å²) in [6.07, 6.45) is 13.3. The molecule has 1 aliphatic carbocycles. The predicted octanol–water partition coefficient (Wildman–Crippen LogP) is 3.49. The third-order valence-electron chi connectivity index (χ3n) is 5.24. The van der Waals surface area contributed by atoms with E-state index in [-0.39, 0.29) is 0 Å². The highest BCUT2D eigenvalue weighted by molar-refractivity contribution is 5.79. The van der Waals surface area contributed by atoms with Crippen LogP contribution in [0.2, 0.25) is 0 Å². The van der Waals surface area contributed by atoms with E-state index < -0.39 is 0 Å². The Morgan fingerprint density at radius 2 is 1.84 bits per heavy atom. The van der Waals surface area contributed by atoms with Gasteiger partial charge in [-0.15, -0.1) is 0 Å². The number of nitrogens with zero attached hydrogens (tertiary/aromatic N) is 1. The van der Waals surface area contributed by atoms with Crippen molar-refractivity contribution >= 4 is 5.96 Å². The third-order valence-corrected chi connectivity index (χ3v) is 5.24. The maximum absolute atomic E-state index is 5.90. The SMILES string of the molecule is CCNC(=NCCCOC1CCOCC1)NCCCC1CCCCC1. The average molecular weight is 354 g/mol. The van der Waals surface area contributed by atoms with Crippen molar-refractivity contribution in [2.24, 2.45) is 10.9 Å². The van der Waals surface area contributed by atoms with Gasteiger partial charge in [-0.25, -0.2) is 0 Å². The lowest BCUT2D eigenvalue weighted by atomic mass is 9.86. The van der Waals surface area contributed by atoms with E-state index in [1.165, 1.54) is 44.9 Å². The van der Waals surface area contributed by atoms with Gasteiger partial charge in [-0.2, -0.15) is 0 Å². The molecule has 0 radical (unpaired) electrons. The summed E-state index contributed by atoms with van der Waals surface area (Å²) in [5, 5.41) is 6.82. The summed E-state index contributed by atoms with van der Waals surface area (Å²) in [5.41, 5.74) is 0. The van der Waals surface area contributed by atoms with Gasteiger partial charge in [-0.1, -0.05) is 32.1 Å². The minimum absolute atomic E-state index is 0.392. The Balaban J connectivity index is 1.52. The molecule has 0 bridgehead atoms. The van der Waals surface area contributed by atoms with Crippen LogP contribution in [0.4, 0.5) is 0 Å². The standard InChI is InChI=1S/C20H39N3O2/c1-2-21-20(22-13-6-10-18-8-4-3-5-9-18)23-14-7-15-25-19-11-16-24-17-12-19/h18-19H,2-17H2,1H3,(H2,21,22,23). The van der Waals surface area contributed by atoms with E-state index in [2.05, 4.69) is 22.5 Å². The molecule has 146 valence electrons. The van der Waals surface area contributed by atoms with Gasteiger partial charge in [0.25, 0.3) is 0 Å². The fraction of sp³-hybridized carbons (Fsp3) is 0.950. The fourth-order valence-electron chi connectivity index (χ4n) is 3.76. The number of aliphatic imine (C=N–C) groups is 1. The highest BCUT2D eigenvalue weighted by Crippen LogP contribution is 2.26. The Hall–Kier alpha value is -0.810. The van der Waals surface area contributed by atoms with Gasteiger partial charge in [0.2, 0.25) is 0 Å². The Kier molecular flexibility index (Phi) is 11.0. The van der Waals surface area contributed by atoms with Gasteiger partial charge in [0.1, 0.15) is 0 Å². The molecule has 5 nitrogen and oxygen atoms in total. The normalized spacial score (nSPS) is 20.6. The van der Waals surface area contributed by atoms with Gasteiger partial charge in [-0.05, 0) is 44.9 Å². The lowest BCUT2D eigenvalue weighted by Crippen LogP contribution is -2.38. The number of hydrogen-bond donors (Lipinski definition) is 2. The van der Waals surface area contributed by atoms with Crippen molar-refractivity contribution in [2.75, 3.05) is 39.5 Å². The van der Waals surface area contributed by atoms with Gasteiger partial charge >= 0.3 is 0 Å².